The number of hydrogen-bond donors (Lipinski definition) is 2. The maximum absolute atomic E-state index is 12.4. The molecule has 28 heavy (non-hydrogen) atoms. The van der Waals surface area contributed by atoms with E-state index in [2.05, 4.69) is 66.3 Å². The molecule has 0 radical (unpaired) electrons. The zero-order valence-corrected chi connectivity index (χ0v) is 17.0. The Morgan fingerprint density at radius 3 is 2.46 bits per heavy atom. The molecule has 1 saturated heterocycles. The lowest BCUT2D eigenvalue weighted by Gasteiger charge is -2.36. The van der Waals surface area contributed by atoms with Gasteiger partial charge in [-0.2, -0.15) is 0 Å². The molecule has 0 aliphatic carbocycles. The van der Waals surface area contributed by atoms with Gasteiger partial charge in [-0.05, 0) is 73.0 Å². The second-order valence-corrected chi connectivity index (χ2v) is 8.47. The normalized spacial score (nSPS) is 19.8. The molecule has 0 amide bonds. The van der Waals surface area contributed by atoms with E-state index in [1.165, 1.54) is 17.7 Å². The predicted octanol–water partition coefficient (Wildman–Crippen LogP) is 4.93. The fourth-order valence-electron chi connectivity index (χ4n) is 4.36. The first-order chi connectivity index (χ1) is 13.5. The van der Waals surface area contributed by atoms with Gasteiger partial charge in [0.2, 0.25) is 0 Å². The van der Waals surface area contributed by atoms with Gasteiger partial charge in [-0.1, -0.05) is 25.5 Å². The Hall–Kier alpha value is -2.75. The number of aromatic nitrogens is 1. The number of benzene rings is 2. The molecule has 0 bridgehead atoms. The van der Waals surface area contributed by atoms with Gasteiger partial charge in [0, 0.05) is 42.1 Å². The van der Waals surface area contributed by atoms with E-state index in [1.807, 2.05) is 18.2 Å². The van der Waals surface area contributed by atoms with Gasteiger partial charge in [0.1, 0.15) is 0 Å². The average molecular weight is 376 g/mol. The van der Waals surface area contributed by atoms with Gasteiger partial charge in [-0.3, -0.25) is 4.79 Å². The summed E-state index contributed by atoms with van der Waals surface area (Å²) in [5, 5.41) is 4.46. The average Bonchev–Trinajstić information content (AvgIpc) is 2.66. The molecule has 1 aliphatic rings. The van der Waals surface area contributed by atoms with Crippen LogP contribution in [0.5, 0.6) is 0 Å². The molecule has 4 rings (SSSR count). The van der Waals surface area contributed by atoms with Crippen LogP contribution in [0.15, 0.2) is 53.3 Å². The van der Waals surface area contributed by atoms with Crippen LogP contribution in [-0.4, -0.2) is 18.1 Å². The van der Waals surface area contributed by atoms with Crippen LogP contribution in [0, 0.1) is 18.8 Å². The van der Waals surface area contributed by atoms with Crippen LogP contribution in [0.2, 0.25) is 0 Å². The number of anilines is 2. The van der Waals surface area contributed by atoms with E-state index in [4.69, 9.17) is 0 Å². The maximum atomic E-state index is 12.4. The monoisotopic (exact) mass is 375 g/mol. The van der Waals surface area contributed by atoms with E-state index in [-0.39, 0.29) is 5.56 Å². The molecule has 0 saturated carbocycles. The van der Waals surface area contributed by atoms with E-state index >= 15 is 0 Å². The molecule has 0 unspecified atom stereocenters. The molecule has 4 nitrogen and oxygen atoms in total. The van der Waals surface area contributed by atoms with Crippen molar-refractivity contribution < 1.29 is 0 Å². The van der Waals surface area contributed by atoms with Crippen LogP contribution in [0.1, 0.15) is 31.4 Å². The number of pyridine rings is 1. The minimum Gasteiger partial charge on any atom is -0.381 e. The summed E-state index contributed by atoms with van der Waals surface area (Å²) in [7, 11) is 0. The fourth-order valence-corrected chi connectivity index (χ4v) is 4.36. The fraction of sp³-hybridized carbons (Fsp3) is 0.375. The van der Waals surface area contributed by atoms with Gasteiger partial charge in [0.15, 0.2) is 0 Å². The van der Waals surface area contributed by atoms with Gasteiger partial charge in [-0.15, -0.1) is 0 Å². The summed E-state index contributed by atoms with van der Waals surface area (Å²) in [5.41, 5.74) is 5.11. The molecule has 2 aromatic carbocycles. The highest BCUT2D eigenvalue weighted by Gasteiger charge is 2.21. The summed E-state index contributed by atoms with van der Waals surface area (Å²) in [5.74, 6) is 1.48. The summed E-state index contributed by atoms with van der Waals surface area (Å²) >= 11 is 0. The second-order valence-electron chi connectivity index (χ2n) is 8.47. The largest absolute Gasteiger partial charge is 0.381 e. The van der Waals surface area contributed by atoms with Crippen molar-refractivity contribution in [1.82, 2.24) is 4.98 Å². The summed E-state index contributed by atoms with van der Waals surface area (Å²) in [6.07, 6.45) is 1.32. The molecule has 2 atom stereocenters. The van der Waals surface area contributed by atoms with Gasteiger partial charge in [0.25, 0.3) is 5.56 Å². The van der Waals surface area contributed by atoms with Gasteiger partial charge in [0.05, 0.1) is 0 Å². The zero-order valence-electron chi connectivity index (χ0n) is 17.0. The number of aromatic amines is 1. The third-order valence-electron chi connectivity index (χ3n) is 5.66. The first-order valence-corrected chi connectivity index (χ1v) is 10.2. The Kier molecular flexibility index (Phi) is 5.12. The van der Waals surface area contributed by atoms with Crippen molar-refractivity contribution in [2.75, 3.05) is 23.3 Å². The van der Waals surface area contributed by atoms with Crippen molar-refractivity contribution >= 4 is 22.3 Å². The number of H-pyrrole nitrogens is 1. The molecule has 2 heterocycles. The first-order valence-electron chi connectivity index (χ1n) is 10.2. The van der Waals surface area contributed by atoms with Crippen molar-refractivity contribution in [3.8, 4) is 0 Å². The van der Waals surface area contributed by atoms with Crippen LogP contribution in [0.3, 0.4) is 0 Å². The number of aryl methyl sites for hydroxylation is 1. The Bertz CT molecular complexity index is 1010. The molecule has 1 aromatic heterocycles. The molecular formula is C24H29N3O. The highest BCUT2D eigenvalue weighted by molar-refractivity contribution is 5.79. The highest BCUT2D eigenvalue weighted by atomic mass is 16.1. The predicted molar refractivity (Wildman–Crippen MR) is 118 cm³/mol. The number of piperidine rings is 1. The van der Waals surface area contributed by atoms with Gasteiger partial charge in [-0.25, -0.2) is 0 Å². The Morgan fingerprint density at radius 2 is 1.75 bits per heavy atom. The number of rotatable bonds is 4. The van der Waals surface area contributed by atoms with Crippen molar-refractivity contribution in [1.29, 1.82) is 0 Å². The molecule has 4 heteroatoms. The van der Waals surface area contributed by atoms with Gasteiger partial charge >= 0.3 is 0 Å². The summed E-state index contributed by atoms with van der Waals surface area (Å²) < 4.78 is 0. The maximum Gasteiger partial charge on any atom is 0.253 e. The van der Waals surface area contributed by atoms with E-state index in [1.54, 1.807) is 0 Å². The molecular weight excluding hydrogens is 346 g/mol. The van der Waals surface area contributed by atoms with Crippen molar-refractivity contribution in [2.45, 2.75) is 33.7 Å². The second kappa shape index (κ2) is 7.70. The van der Waals surface area contributed by atoms with Crippen molar-refractivity contribution in [3.63, 3.8) is 0 Å². The number of nitrogens with one attached hydrogen (secondary N) is 2. The lowest BCUT2D eigenvalue weighted by Crippen LogP contribution is -2.38. The van der Waals surface area contributed by atoms with E-state index < -0.39 is 0 Å². The van der Waals surface area contributed by atoms with Gasteiger partial charge < -0.3 is 15.2 Å². The minimum atomic E-state index is -0.0308. The third kappa shape index (κ3) is 4.06. The minimum absolute atomic E-state index is 0.0308. The Morgan fingerprint density at radius 1 is 1.04 bits per heavy atom. The SMILES string of the molecule is Cc1ccc2[nH]c(=O)c(CNc3ccc(N4C[C@H](C)C[C@@H](C)C4)cc3)cc2c1. The molecule has 0 spiro atoms. The van der Waals surface area contributed by atoms with E-state index in [0.717, 1.165) is 47.1 Å². The van der Waals surface area contributed by atoms with Crippen molar-refractivity contribution in [2.24, 2.45) is 11.8 Å². The van der Waals surface area contributed by atoms with Crippen LogP contribution >= 0.6 is 0 Å². The van der Waals surface area contributed by atoms with E-state index in [0.29, 0.717) is 6.54 Å². The van der Waals surface area contributed by atoms with Crippen LogP contribution in [-0.2, 0) is 6.54 Å². The molecule has 1 fully saturated rings. The quantitative estimate of drug-likeness (QED) is 0.680. The van der Waals surface area contributed by atoms with Crippen molar-refractivity contribution in [3.05, 3.63) is 70.0 Å². The number of nitrogens with zero attached hydrogens (tertiary/aromatic N) is 1. The highest BCUT2D eigenvalue weighted by Crippen LogP contribution is 2.27. The van der Waals surface area contributed by atoms with Crippen LogP contribution in [0.25, 0.3) is 10.9 Å². The van der Waals surface area contributed by atoms with Crippen LogP contribution < -0.4 is 15.8 Å². The summed E-state index contributed by atoms with van der Waals surface area (Å²) in [4.78, 5) is 17.8. The van der Waals surface area contributed by atoms with Crippen LogP contribution in [0.4, 0.5) is 11.4 Å². The Balaban J connectivity index is 1.46. The number of fused-ring (bicyclic) bond motifs is 1. The molecule has 146 valence electrons. The topological polar surface area (TPSA) is 48.1 Å². The number of hydrogen-bond acceptors (Lipinski definition) is 3. The molecule has 1 aliphatic heterocycles. The lowest BCUT2D eigenvalue weighted by molar-refractivity contribution is 0.357. The first kappa shape index (κ1) is 18.6. The van der Waals surface area contributed by atoms with E-state index in [9.17, 15) is 4.79 Å². The summed E-state index contributed by atoms with van der Waals surface area (Å²) in [6.45, 7) is 9.50. The standard InChI is InChI=1S/C24H29N3O/c1-16-4-9-23-19(11-16)12-20(24(28)26-23)13-25-21-5-7-22(8-6-21)27-14-17(2)10-18(3)15-27/h4-9,11-12,17-18,25H,10,13-15H2,1-3H3,(H,26,28)/t17-,18-/m1/s1. The molecule has 3 aromatic rings. The zero-order chi connectivity index (χ0) is 19.7. The Labute approximate surface area is 166 Å². The smallest absolute Gasteiger partial charge is 0.253 e. The summed E-state index contributed by atoms with van der Waals surface area (Å²) in [6, 6.07) is 16.6. The third-order valence-corrected chi connectivity index (χ3v) is 5.66. The molecule has 2 N–H and O–H groups in total. The lowest BCUT2D eigenvalue weighted by atomic mass is 9.91.